The zero-order valence-electron chi connectivity index (χ0n) is 11.0. The summed E-state index contributed by atoms with van der Waals surface area (Å²) in [5.74, 6) is 0. The first-order chi connectivity index (χ1) is 8.28. The van der Waals surface area contributed by atoms with E-state index in [9.17, 15) is 0 Å². The van der Waals surface area contributed by atoms with Crippen LogP contribution in [0.15, 0.2) is 18.2 Å². The largest absolute Gasteiger partial charge is 0.385 e. The van der Waals surface area contributed by atoms with Gasteiger partial charge in [-0.25, -0.2) is 0 Å². The molecule has 1 fully saturated rings. The molecule has 0 amide bonds. The highest BCUT2D eigenvalue weighted by Crippen LogP contribution is 2.20. The molecule has 17 heavy (non-hydrogen) atoms. The summed E-state index contributed by atoms with van der Waals surface area (Å²) in [6.07, 6.45) is 4.93. The van der Waals surface area contributed by atoms with Crippen LogP contribution in [-0.2, 0) is 17.7 Å². The normalized spacial score (nSPS) is 15.2. The van der Waals surface area contributed by atoms with Gasteiger partial charge in [0.05, 0.1) is 0 Å². The number of methoxy groups -OCH3 is 1. The van der Waals surface area contributed by atoms with Gasteiger partial charge in [0.25, 0.3) is 0 Å². The van der Waals surface area contributed by atoms with E-state index in [0.717, 1.165) is 32.0 Å². The molecule has 2 rings (SSSR count). The Morgan fingerprint density at radius 3 is 2.71 bits per heavy atom. The van der Waals surface area contributed by atoms with Crippen LogP contribution < -0.4 is 5.32 Å². The monoisotopic (exact) mass is 233 g/mol. The number of aryl methyl sites for hydroxylation is 2. The van der Waals surface area contributed by atoms with E-state index < -0.39 is 0 Å². The Kier molecular flexibility index (Phi) is 4.57. The van der Waals surface area contributed by atoms with Crippen LogP contribution in [0.3, 0.4) is 0 Å². The van der Waals surface area contributed by atoms with E-state index in [1.165, 1.54) is 29.5 Å². The lowest BCUT2D eigenvalue weighted by molar-refractivity contribution is 0.195. The van der Waals surface area contributed by atoms with Crippen molar-refractivity contribution in [3.8, 4) is 0 Å². The van der Waals surface area contributed by atoms with Crippen molar-refractivity contribution in [2.75, 3.05) is 13.7 Å². The van der Waals surface area contributed by atoms with Gasteiger partial charge in [-0.05, 0) is 43.7 Å². The van der Waals surface area contributed by atoms with Crippen LogP contribution in [0.2, 0.25) is 0 Å². The molecule has 94 valence electrons. The molecule has 0 aromatic heterocycles. The van der Waals surface area contributed by atoms with E-state index >= 15 is 0 Å². The highest BCUT2D eigenvalue weighted by Gasteiger charge is 2.19. The maximum Gasteiger partial charge on any atom is 0.0465 e. The van der Waals surface area contributed by atoms with Crippen LogP contribution in [0.25, 0.3) is 0 Å². The Morgan fingerprint density at radius 1 is 1.24 bits per heavy atom. The van der Waals surface area contributed by atoms with E-state index in [1.807, 2.05) is 0 Å². The third-order valence-electron chi connectivity index (χ3n) is 3.18. The smallest absolute Gasteiger partial charge is 0.0465 e. The molecule has 0 aliphatic heterocycles. The Morgan fingerprint density at radius 2 is 2.00 bits per heavy atom. The molecule has 1 aromatic carbocycles. The van der Waals surface area contributed by atoms with Gasteiger partial charge >= 0.3 is 0 Å². The van der Waals surface area contributed by atoms with Gasteiger partial charge in [0.2, 0.25) is 0 Å². The average molecular weight is 233 g/mol. The van der Waals surface area contributed by atoms with Crippen molar-refractivity contribution < 1.29 is 4.74 Å². The number of hydrogen-bond acceptors (Lipinski definition) is 2. The molecule has 1 N–H and O–H groups in total. The Hall–Kier alpha value is -0.860. The molecule has 0 saturated heterocycles. The lowest BCUT2D eigenvalue weighted by Crippen LogP contribution is -2.15. The van der Waals surface area contributed by atoms with Crippen LogP contribution in [-0.4, -0.2) is 19.8 Å². The highest BCUT2D eigenvalue weighted by molar-refractivity contribution is 5.29. The van der Waals surface area contributed by atoms with Gasteiger partial charge in [-0.2, -0.15) is 0 Å². The summed E-state index contributed by atoms with van der Waals surface area (Å²) in [5, 5.41) is 3.57. The lowest BCUT2D eigenvalue weighted by Gasteiger charge is -2.08. The lowest BCUT2D eigenvalue weighted by atomic mass is 10.0. The first-order valence-electron chi connectivity index (χ1n) is 6.59. The predicted octanol–water partition coefficient (Wildman–Crippen LogP) is 2.83. The molecule has 1 aromatic rings. The first-order valence-corrected chi connectivity index (χ1v) is 6.59. The molecule has 0 heterocycles. The van der Waals surface area contributed by atoms with Gasteiger partial charge in [0.15, 0.2) is 0 Å². The molecule has 1 aliphatic carbocycles. The fraction of sp³-hybridized carbons (Fsp3) is 0.600. The van der Waals surface area contributed by atoms with Gasteiger partial charge in [-0.1, -0.05) is 23.8 Å². The highest BCUT2D eigenvalue weighted by atomic mass is 16.5. The minimum Gasteiger partial charge on any atom is -0.385 e. The van der Waals surface area contributed by atoms with Gasteiger partial charge < -0.3 is 10.1 Å². The SMILES string of the molecule is COCCCc1cc(C)cc(CNC2CC2)c1. The molecular formula is C15H23NO. The van der Waals surface area contributed by atoms with E-state index in [1.54, 1.807) is 7.11 Å². The number of hydrogen-bond donors (Lipinski definition) is 1. The standard InChI is InChI=1S/C15H23NO/c1-12-8-13(4-3-7-17-2)10-14(9-12)11-16-15-5-6-15/h8-10,15-16H,3-7,11H2,1-2H3. The molecule has 2 heteroatoms. The second kappa shape index (κ2) is 6.18. The Bertz CT molecular complexity index is 358. The molecule has 1 saturated carbocycles. The zero-order valence-corrected chi connectivity index (χ0v) is 11.0. The van der Waals surface area contributed by atoms with Gasteiger partial charge in [0.1, 0.15) is 0 Å². The maximum atomic E-state index is 5.10. The quantitative estimate of drug-likeness (QED) is 0.731. The molecule has 0 bridgehead atoms. The summed E-state index contributed by atoms with van der Waals surface area (Å²) in [6.45, 7) is 4.05. The van der Waals surface area contributed by atoms with Crippen molar-refractivity contribution in [3.63, 3.8) is 0 Å². The second-order valence-corrected chi connectivity index (χ2v) is 5.08. The fourth-order valence-corrected chi connectivity index (χ4v) is 2.16. The van der Waals surface area contributed by atoms with Crippen molar-refractivity contribution >= 4 is 0 Å². The van der Waals surface area contributed by atoms with E-state index in [0.29, 0.717) is 0 Å². The topological polar surface area (TPSA) is 21.3 Å². The number of benzene rings is 1. The molecule has 0 spiro atoms. The molecule has 2 nitrogen and oxygen atoms in total. The van der Waals surface area contributed by atoms with Gasteiger partial charge in [0, 0.05) is 26.3 Å². The summed E-state index contributed by atoms with van der Waals surface area (Å²) >= 11 is 0. The van der Waals surface area contributed by atoms with E-state index in [4.69, 9.17) is 4.74 Å². The van der Waals surface area contributed by atoms with Crippen molar-refractivity contribution in [2.45, 2.75) is 45.2 Å². The first kappa shape index (κ1) is 12.6. The van der Waals surface area contributed by atoms with Gasteiger partial charge in [-0.3, -0.25) is 0 Å². The molecule has 0 radical (unpaired) electrons. The van der Waals surface area contributed by atoms with Crippen LogP contribution in [0, 0.1) is 6.92 Å². The second-order valence-electron chi connectivity index (χ2n) is 5.08. The predicted molar refractivity (Wildman–Crippen MR) is 71.2 cm³/mol. The minimum atomic E-state index is 0.785. The summed E-state index contributed by atoms with van der Waals surface area (Å²) in [5.41, 5.74) is 4.23. The minimum absolute atomic E-state index is 0.785. The molecule has 1 aliphatic rings. The molecule has 0 atom stereocenters. The molecular weight excluding hydrogens is 210 g/mol. The van der Waals surface area contributed by atoms with Crippen molar-refractivity contribution in [3.05, 3.63) is 34.9 Å². The third kappa shape index (κ3) is 4.49. The summed E-state index contributed by atoms with van der Waals surface area (Å²) < 4.78 is 5.10. The summed E-state index contributed by atoms with van der Waals surface area (Å²) in [7, 11) is 1.77. The fourth-order valence-electron chi connectivity index (χ4n) is 2.16. The maximum absolute atomic E-state index is 5.10. The third-order valence-corrected chi connectivity index (χ3v) is 3.18. The number of nitrogens with one attached hydrogen (secondary N) is 1. The Balaban J connectivity index is 1.90. The van der Waals surface area contributed by atoms with E-state index in [-0.39, 0.29) is 0 Å². The van der Waals surface area contributed by atoms with Crippen molar-refractivity contribution in [1.82, 2.24) is 5.32 Å². The van der Waals surface area contributed by atoms with Gasteiger partial charge in [-0.15, -0.1) is 0 Å². The summed E-state index contributed by atoms with van der Waals surface area (Å²) in [4.78, 5) is 0. The van der Waals surface area contributed by atoms with Crippen LogP contribution in [0.4, 0.5) is 0 Å². The van der Waals surface area contributed by atoms with Crippen LogP contribution in [0.1, 0.15) is 36.0 Å². The Labute approximate surface area is 104 Å². The zero-order chi connectivity index (χ0) is 12.1. The van der Waals surface area contributed by atoms with Crippen molar-refractivity contribution in [1.29, 1.82) is 0 Å². The molecule has 0 unspecified atom stereocenters. The van der Waals surface area contributed by atoms with Crippen LogP contribution in [0.5, 0.6) is 0 Å². The number of rotatable bonds is 7. The number of ether oxygens (including phenoxy) is 1. The van der Waals surface area contributed by atoms with Crippen molar-refractivity contribution in [2.24, 2.45) is 0 Å². The van der Waals surface area contributed by atoms with Crippen LogP contribution >= 0.6 is 0 Å². The average Bonchev–Trinajstić information content (AvgIpc) is 3.10. The van der Waals surface area contributed by atoms with E-state index in [2.05, 4.69) is 30.4 Å². The summed E-state index contributed by atoms with van der Waals surface area (Å²) in [6, 6.07) is 7.69.